The fraction of sp³-hybridized carbons (Fsp3) is 0.231. The molecule has 5 heteroatoms. The maximum absolute atomic E-state index is 12.0. The van der Waals surface area contributed by atoms with E-state index in [4.69, 9.17) is 0 Å². The lowest BCUT2D eigenvalue weighted by Crippen LogP contribution is -2.42. The molecular formula is C13H10O5. The Bertz CT molecular complexity index is 558. The van der Waals surface area contributed by atoms with Crippen molar-refractivity contribution in [3.05, 3.63) is 35.4 Å². The first-order valence-corrected chi connectivity index (χ1v) is 5.46. The van der Waals surface area contributed by atoms with Crippen LogP contribution in [0.25, 0.3) is 0 Å². The molecule has 0 aliphatic heterocycles. The van der Waals surface area contributed by atoms with Gasteiger partial charge in [-0.15, -0.1) is 0 Å². The second-order valence-corrected chi connectivity index (χ2v) is 3.79. The molecule has 0 saturated heterocycles. The first-order valence-electron chi connectivity index (χ1n) is 5.46. The number of esters is 1. The third-order valence-corrected chi connectivity index (χ3v) is 2.71. The van der Waals surface area contributed by atoms with Gasteiger partial charge in [-0.05, 0) is 6.92 Å². The van der Waals surface area contributed by atoms with E-state index >= 15 is 0 Å². The zero-order valence-electron chi connectivity index (χ0n) is 9.64. The number of ketones is 3. The van der Waals surface area contributed by atoms with Crippen LogP contribution in [0.5, 0.6) is 0 Å². The van der Waals surface area contributed by atoms with E-state index in [0.717, 1.165) is 0 Å². The minimum Gasteiger partial charge on any atom is -0.465 e. The van der Waals surface area contributed by atoms with E-state index in [9.17, 15) is 19.2 Å². The largest absolute Gasteiger partial charge is 0.465 e. The molecule has 1 aliphatic rings. The van der Waals surface area contributed by atoms with E-state index in [1.807, 2.05) is 0 Å². The highest BCUT2D eigenvalue weighted by molar-refractivity contribution is 6.55. The van der Waals surface area contributed by atoms with Crippen molar-refractivity contribution in [2.45, 2.75) is 6.92 Å². The molecule has 0 aromatic heterocycles. The molecular weight excluding hydrogens is 236 g/mol. The minimum absolute atomic E-state index is 0.0474. The van der Waals surface area contributed by atoms with Crippen LogP contribution in [0.15, 0.2) is 24.3 Å². The van der Waals surface area contributed by atoms with E-state index in [1.165, 1.54) is 12.1 Å². The van der Waals surface area contributed by atoms with Crippen molar-refractivity contribution >= 4 is 23.3 Å². The topological polar surface area (TPSA) is 77.5 Å². The molecule has 0 saturated carbocycles. The van der Waals surface area contributed by atoms with E-state index in [0.29, 0.717) is 0 Å². The predicted molar refractivity (Wildman–Crippen MR) is 60.2 cm³/mol. The van der Waals surface area contributed by atoms with Crippen molar-refractivity contribution in [1.82, 2.24) is 0 Å². The lowest BCUT2D eigenvalue weighted by Gasteiger charge is -2.19. The molecule has 5 nitrogen and oxygen atoms in total. The van der Waals surface area contributed by atoms with Crippen LogP contribution >= 0.6 is 0 Å². The highest BCUT2D eigenvalue weighted by Crippen LogP contribution is 2.24. The van der Waals surface area contributed by atoms with Gasteiger partial charge in [0.2, 0.25) is 11.6 Å². The van der Waals surface area contributed by atoms with Crippen LogP contribution in [-0.2, 0) is 14.3 Å². The number of carbonyl (C=O) groups excluding carboxylic acids is 4. The van der Waals surface area contributed by atoms with E-state index in [2.05, 4.69) is 4.74 Å². The number of hydrogen-bond donors (Lipinski definition) is 0. The van der Waals surface area contributed by atoms with Gasteiger partial charge in [-0.2, -0.15) is 0 Å². The standard InChI is InChI=1S/C13H10O5/c1-2-18-13(17)9-10(14)7-5-3-4-6-8(7)11(15)12(9)16/h3-6,9H,2H2,1H3. The van der Waals surface area contributed by atoms with Crippen LogP contribution in [0.2, 0.25) is 0 Å². The fourth-order valence-electron chi connectivity index (χ4n) is 1.87. The molecule has 0 fully saturated rings. The Labute approximate surface area is 103 Å². The maximum Gasteiger partial charge on any atom is 0.325 e. The Hall–Kier alpha value is -2.30. The molecule has 18 heavy (non-hydrogen) atoms. The van der Waals surface area contributed by atoms with Crippen molar-refractivity contribution in [2.24, 2.45) is 5.92 Å². The summed E-state index contributed by atoms with van der Waals surface area (Å²) < 4.78 is 4.65. The van der Waals surface area contributed by atoms with Crippen molar-refractivity contribution in [2.75, 3.05) is 6.61 Å². The second kappa shape index (κ2) is 4.52. The van der Waals surface area contributed by atoms with Gasteiger partial charge in [-0.25, -0.2) is 0 Å². The van der Waals surface area contributed by atoms with Crippen molar-refractivity contribution < 1.29 is 23.9 Å². The van der Waals surface area contributed by atoms with Crippen molar-refractivity contribution in [3.63, 3.8) is 0 Å². The monoisotopic (exact) mass is 246 g/mol. The van der Waals surface area contributed by atoms with Crippen molar-refractivity contribution in [1.29, 1.82) is 0 Å². The molecule has 92 valence electrons. The first kappa shape index (κ1) is 12.2. The summed E-state index contributed by atoms with van der Waals surface area (Å²) in [5.41, 5.74) is 0.146. The molecule has 0 amide bonds. The SMILES string of the molecule is CCOC(=O)C1C(=O)C(=O)c2ccccc2C1=O. The fourth-order valence-corrected chi connectivity index (χ4v) is 1.87. The summed E-state index contributed by atoms with van der Waals surface area (Å²) in [7, 11) is 0. The van der Waals surface area contributed by atoms with Gasteiger partial charge in [0, 0.05) is 11.1 Å². The average molecular weight is 246 g/mol. The highest BCUT2D eigenvalue weighted by Gasteiger charge is 2.45. The van der Waals surface area contributed by atoms with Crippen molar-refractivity contribution in [3.8, 4) is 0 Å². The summed E-state index contributed by atoms with van der Waals surface area (Å²) in [5, 5.41) is 0. The number of rotatable bonds is 2. The Morgan fingerprint density at radius 2 is 1.72 bits per heavy atom. The molecule has 1 aliphatic carbocycles. The molecule has 1 aromatic rings. The van der Waals surface area contributed by atoms with E-state index < -0.39 is 29.2 Å². The summed E-state index contributed by atoms with van der Waals surface area (Å²) in [6.45, 7) is 1.61. The molecule has 0 radical (unpaired) electrons. The van der Waals surface area contributed by atoms with Gasteiger partial charge in [0.15, 0.2) is 11.7 Å². The minimum atomic E-state index is -1.65. The smallest absolute Gasteiger partial charge is 0.325 e. The lowest BCUT2D eigenvalue weighted by molar-refractivity contribution is -0.148. The summed E-state index contributed by atoms with van der Waals surface area (Å²) in [4.78, 5) is 47.1. The number of fused-ring (bicyclic) bond motifs is 1. The van der Waals surface area contributed by atoms with Gasteiger partial charge < -0.3 is 4.74 Å². The molecule has 2 rings (SSSR count). The normalized spacial score (nSPS) is 18.5. The quantitative estimate of drug-likeness (QED) is 0.438. The van der Waals surface area contributed by atoms with Crippen LogP contribution in [0.3, 0.4) is 0 Å². The summed E-state index contributed by atoms with van der Waals surface area (Å²) in [6.07, 6.45) is 0. The summed E-state index contributed by atoms with van der Waals surface area (Å²) >= 11 is 0. The molecule has 1 atom stereocenters. The van der Waals surface area contributed by atoms with E-state index in [-0.39, 0.29) is 17.7 Å². The molecule has 0 spiro atoms. The molecule has 0 heterocycles. The highest BCUT2D eigenvalue weighted by atomic mass is 16.5. The van der Waals surface area contributed by atoms with Crippen LogP contribution in [0.1, 0.15) is 27.6 Å². The number of benzene rings is 1. The third kappa shape index (κ3) is 1.73. The second-order valence-electron chi connectivity index (χ2n) is 3.79. The van der Waals surface area contributed by atoms with Crippen LogP contribution in [-0.4, -0.2) is 29.9 Å². The Kier molecular flexibility index (Phi) is 3.06. The van der Waals surface area contributed by atoms with Crippen LogP contribution in [0, 0.1) is 5.92 Å². The summed E-state index contributed by atoms with van der Waals surface area (Å²) in [5.74, 6) is -5.11. The zero-order chi connectivity index (χ0) is 13.3. The average Bonchev–Trinajstić information content (AvgIpc) is 2.37. The Morgan fingerprint density at radius 1 is 1.11 bits per heavy atom. The van der Waals surface area contributed by atoms with Gasteiger partial charge in [0.05, 0.1) is 6.61 Å². The molecule has 0 N–H and O–H groups in total. The Balaban J connectivity index is 2.49. The molecule has 0 bridgehead atoms. The van der Waals surface area contributed by atoms with Gasteiger partial charge in [0.25, 0.3) is 0 Å². The van der Waals surface area contributed by atoms with E-state index in [1.54, 1.807) is 19.1 Å². The van der Waals surface area contributed by atoms with Gasteiger partial charge >= 0.3 is 5.97 Å². The third-order valence-electron chi connectivity index (χ3n) is 2.71. The van der Waals surface area contributed by atoms with Gasteiger partial charge in [-0.1, -0.05) is 24.3 Å². The van der Waals surface area contributed by atoms with Crippen LogP contribution in [0.4, 0.5) is 0 Å². The number of Topliss-reactive ketones (excluding diaryl/α,β-unsaturated/α-hetero) is 3. The maximum atomic E-state index is 12.0. The van der Waals surface area contributed by atoms with Crippen LogP contribution < -0.4 is 0 Å². The Morgan fingerprint density at radius 3 is 2.33 bits per heavy atom. The lowest BCUT2D eigenvalue weighted by atomic mass is 9.81. The number of carbonyl (C=O) groups is 4. The first-order chi connectivity index (χ1) is 8.57. The zero-order valence-corrected chi connectivity index (χ0v) is 9.64. The molecule has 1 unspecified atom stereocenters. The van der Waals surface area contributed by atoms with Gasteiger partial charge in [0.1, 0.15) is 0 Å². The number of hydrogen-bond acceptors (Lipinski definition) is 5. The molecule has 1 aromatic carbocycles. The van der Waals surface area contributed by atoms with Gasteiger partial charge in [-0.3, -0.25) is 19.2 Å². The predicted octanol–water partition coefficient (Wildman–Crippen LogP) is 0.814. The summed E-state index contributed by atoms with van der Waals surface area (Å²) in [6, 6.07) is 5.95. The number of ether oxygens (including phenoxy) is 1.